The van der Waals surface area contributed by atoms with Crippen molar-refractivity contribution in [3.05, 3.63) is 29.8 Å². The molecule has 2 atom stereocenters. The van der Waals surface area contributed by atoms with Crippen LogP contribution in [0.4, 0.5) is 15.3 Å². The Hall–Kier alpha value is -2.57. The monoisotopic (exact) mass is 344 g/mol. The number of fused-ring (bicyclic) bond motifs is 1. The lowest BCUT2D eigenvalue weighted by molar-refractivity contribution is -0.120. The van der Waals surface area contributed by atoms with E-state index in [2.05, 4.69) is 10.6 Å². The number of amides is 5. The molecular formula is C18H24N4O3. The van der Waals surface area contributed by atoms with Crippen molar-refractivity contribution in [3.8, 4) is 0 Å². The molecule has 2 saturated heterocycles. The van der Waals surface area contributed by atoms with Crippen molar-refractivity contribution in [2.75, 3.05) is 11.4 Å². The quantitative estimate of drug-likeness (QED) is 0.823. The van der Waals surface area contributed by atoms with E-state index in [1.807, 2.05) is 32.9 Å². The summed E-state index contributed by atoms with van der Waals surface area (Å²) in [6.07, 6.45) is 1.08. The minimum Gasteiger partial charge on any atom is -0.336 e. The summed E-state index contributed by atoms with van der Waals surface area (Å²) >= 11 is 0. The molecule has 25 heavy (non-hydrogen) atoms. The van der Waals surface area contributed by atoms with Gasteiger partial charge in [0.15, 0.2) is 0 Å². The van der Waals surface area contributed by atoms with Crippen molar-refractivity contribution >= 4 is 23.7 Å². The second-order valence-electron chi connectivity index (χ2n) is 6.99. The smallest absolute Gasteiger partial charge is 0.332 e. The number of carbonyl (C=O) groups is 3. The van der Waals surface area contributed by atoms with Crippen molar-refractivity contribution in [3.63, 3.8) is 0 Å². The number of nitrogens with zero attached hydrogens (tertiary/aromatic N) is 2. The van der Waals surface area contributed by atoms with Gasteiger partial charge < -0.3 is 15.5 Å². The average Bonchev–Trinajstić information content (AvgIpc) is 2.79. The van der Waals surface area contributed by atoms with Crippen LogP contribution in [0.1, 0.15) is 32.3 Å². The third kappa shape index (κ3) is 3.45. The maximum Gasteiger partial charge on any atom is 0.332 e. The predicted octanol–water partition coefficient (Wildman–Crippen LogP) is 2.00. The highest BCUT2D eigenvalue weighted by atomic mass is 16.2. The molecule has 0 saturated carbocycles. The summed E-state index contributed by atoms with van der Waals surface area (Å²) in [5.74, 6) is -0.218. The lowest BCUT2D eigenvalue weighted by atomic mass is 9.98. The molecule has 3 rings (SSSR count). The molecule has 0 bridgehead atoms. The molecule has 0 unspecified atom stereocenters. The first-order chi connectivity index (χ1) is 11.9. The van der Waals surface area contributed by atoms with Gasteiger partial charge in [-0.15, -0.1) is 0 Å². The van der Waals surface area contributed by atoms with Crippen molar-refractivity contribution in [1.29, 1.82) is 0 Å². The third-order valence-electron chi connectivity index (χ3n) is 4.59. The van der Waals surface area contributed by atoms with E-state index in [-0.39, 0.29) is 30.1 Å². The van der Waals surface area contributed by atoms with E-state index in [0.29, 0.717) is 25.1 Å². The number of imide groups is 1. The van der Waals surface area contributed by atoms with E-state index in [0.717, 1.165) is 5.56 Å². The molecule has 7 nitrogen and oxygen atoms in total. The Kier molecular flexibility index (Phi) is 4.65. The Labute approximate surface area is 147 Å². The fourth-order valence-corrected chi connectivity index (χ4v) is 3.35. The summed E-state index contributed by atoms with van der Waals surface area (Å²) in [5, 5.41) is 5.69. The molecule has 0 aromatic heterocycles. The van der Waals surface area contributed by atoms with Crippen LogP contribution < -0.4 is 15.5 Å². The molecule has 1 aromatic rings. The number of piperidine rings is 1. The molecule has 2 fully saturated rings. The number of hydrogen-bond donors (Lipinski definition) is 2. The van der Waals surface area contributed by atoms with E-state index in [1.54, 1.807) is 17.0 Å². The number of benzene rings is 1. The van der Waals surface area contributed by atoms with Gasteiger partial charge in [-0.1, -0.05) is 17.7 Å². The summed E-state index contributed by atoms with van der Waals surface area (Å²) in [6.45, 7) is 6.20. The number of rotatable bonds is 3. The average molecular weight is 344 g/mol. The van der Waals surface area contributed by atoms with Crippen molar-refractivity contribution in [1.82, 2.24) is 15.5 Å². The van der Waals surface area contributed by atoms with Gasteiger partial charge in [-0.25, -0.2) is 14.5 Å². The molecule has 2 aliphatic heterocycles. The molecule has 0 radical (unpaired) electrons. The third-order valence-corrected chi connectivity index (χ3v) is 4.59. The fourth-order valence-electron chi connectivity index (χ4n) is 3.35. The van der Waals surface area contributed by atoms with E-state index in [9.17, 15) is 14.4 Å². The van der Waals surface area contributed by atoms with Crippen LogP contribution in [-0.4, -0.2) is 47.5 Å². The number of urea groups is 2. The SMILES string of the molecule is Cc1ccc(N2C(=O)[C@@H]3C[C@@H](NC(=O)NC(C)C)CCN3C2=O)cc1. The van der Waals surface area contributed by atoms with Crippen LogP contribution in [0.5, 0.6) is 0 Å². The van der Waals surface area contributed by atoms with E-state index < -0.39 is 6.04 Å². The van der Waals surface area contributed by atoms with Crippen LogP contribution in [0.3, 0.4) is 0 Å². The van der Waals surface area contributed by atoms with Crippen LogP contribution in [0.25, 0.3) is 0 Å². The molecule has 1 aromatic carbocycles. The summed E-state index contributed by atoms with van der Waals surface area (Å²) in [7, 11) is 0. The summed E-state index contributed by atoms with van der Waals surface area (Å²) in [5.41, 5.74) is 1.66. The van der Waals surface area contributed by atoms with E-state index in [4.69, 9.17) is 0 Å². The van der Waals surface area contributed by atoms with Gasteiger partial charge in [0.25, 0.3) is 5.91 Å². The van der Waals surface area contributed by atoms with Gasteiger partial charge in [-0.2, -0.15) is 0 Å². The zero-order valence-electron chi connectivity index (χ0n) is 14.8. The Bertz CT molecular complexity index is 686. The molecule has 5 amide bonds. The molecule has 0 spiro atoms. The van der Waals surface area contributed by atoms with Gasteiger partial charge in [0, 0.05) is 18.6 Å². The Balaban J connectivity index is 1.71. The molecule has 2 N–H and O–H groups in total. The van der Waals surface area contributed by atoms with E-state index in [1.165, 1.54) is 4.90 Å². The van der Waals surface area contributed by atoms with Gasteiger partial charge in [0.1, 0.15) is 6.04 Å². The maximum absolute atomic E-state index is 12.8. The van der Waals surface area contributed by atoms with Crippen molar-refractivity contribution < 1.29 is 14.4 Å². The Morgan fingerprint density at radius 3 is 2.52 bits per heavy atom. The van der Waals surface area contributed by atoms with Crippen LogP contribution in [-0.2, 0) is 4.79 Å². The molecule has 134 valence electrons. The largest absolute Gasteiger partial charge is 0.336 e. The summed E-state index contributed by atoms with van der Waals surface area (Å²) in [4.78, 5) is 40.2. The fraction of sp³-hybridized carbons (Fsp3) is 0.500. The Morgan fingerprint density at radius 2 is 1.88 bits per heavy atom. The van der Waals surface area contributed by atoms with Crippen LogP contribution in [0.15, 0.2) is 24.3 Å². The number of aryl methyl sites for hydroxylation is 1. The highest BCUT2D eigenvalue weighted by molar-refractivity contribution is 6.21. The molecule has 0 aliphatic carbocycles. The van der Waals surface area contributed by atoms with Gasteiger partial charge in [-0.3, -0.25) is 4.79 Å². The van der Waals surface area contributed by atoms with Crippen LogP contribution in [0.2, 0.25) is 0 Å². The standard InChI is InChI=1S/C18H24N4O3/c1-11(2)19-17(24)20-13-8-9-21-15(10-13)16(23)22(18(21)25)14-6-4-12(3)5-7-14/h4-7,11,13,15H,8-10H2,1-3H3,(H2,19,20,24)/t13-,15-/m0/s1. The maximum atomic E-state index is 12.8. The molecule has 2 heterocycles. The first-order valence-corrected chi connectivity index (χ1v) is 8.65. The minimum atomic E-state index is -0.507. The zero-order valence-corrected chi connectivity index (χ0v) is 14.8. The zero-order chi connectivity index (χ0) is 18.1. The van der Waals surface area contributed by atoms with Crippen LogP contribution >= 0.6 is 0 Å². The highest BCUT2D eigenvalue weighted by Crippen LogP contribution is 2.30. The first kappa shape index (κ1) is 17.3. The number of nitrogens with one attached hydrogen (secondary N) is 2. The van der Waals surface area contributed by atoms with Crippen LogP contribution in [0, 0.1) is 6.92 Å². The second kappa shape index (κ2) is 6.74. The van der Waals surface area contributed by atoms with E-state index >= 15 is 0 Å². The Morgan fingerprint density at radius 1 is 1.20 bits per heavy atom. The number of anilines is 1. The first-order valence-electron chi connectivity index (χ1n) is 8.65. The molecule has 7 heteroatoms. The second-order valence-corrected chi connectivity index (χ2v) is 6.99. The highest BCUT2D eigenvalue weighted by Gasteiger charge is 2.48. The minimum absolute atomic E-state index is 0.0480. The number of hydrogen-bond acceptors (Lipinski definition) is 3. The molecule has 2 aliphatic rings. The lowest BCUT2D eigenvalue weighted by Gasteiger charge is -2.32. The van der Waals surface area contributed by atoms with Crippen molar-refractivity contribution in [2.24, 2.45) is 0 Å². The van der Waals surface area contributed by atoms with Gasteiger partial charge in [-0.05, 0) is 45.7 Å². The normalized spacial score (nSPS) is 23.0. The summed E-state index contributed by atoms with van der Waals surface area (Å²) < 4.78 is 0. The lowest BCUT2D eigenvalue weighted by Crippen LogP contribution is -2.52. The van der Waals surface area contributed by atoms with Gasteiger partial charge in [0.2, 0.25) is 0 Å². The predicted molar refractivity (Wildman–Crippen MR) is 94.4 cm³/mol. The van der Waals surface area contributed by atoms with Gasteiger partial charge in [0.05, 0.1) is 5.69 Å². The van der Waals surface area contributed by atoms with Crippen molar-refractivity contribution in [2.45, 2.75) is 51.7 Å². The molecular weight excluding hydrogens is 320 g/mol. The number of carbonyl (C=O) groups excluding carboxylic acids is 3. The summed E-state index contributed by atoms with van der Waals surface area (Å²) in [6, 6.07) is 6.25. The topological polar surface area (TPSA) is 81.8 Å². The van der Waals surface area contributed by atoms with Gasteiger partial charge >= 0.3 is 12.1 Å².